The summed E-state index contributed by atoms with van der Waals surface area (Å²) in [6.45, 7) is 0.328. The number of benzene rings is 2. The molecule has 27 heavy (non-hydrogen) atoms. The quantitative estimate of drug-likeness (QED) is 0.593. The molecule has 0 aliphatic rings. The summed E-state index contributed by atoms with van der Waals surface area (Å²) in [4.78, 5) is 24.2. The molecule has 2 aromatic carbocycles. The number of amides is 1. The summed E-state index contributed by atoms with van der Waals surface area (Å²) in [5.74, 6) is -0.334. The Hall–Kier alpha value is -2.27. The summed E-state index contributed by atoms with van der Waals surface area (Å²) < 4.78 is 1.41. The maximum Gasteiger partial charge on any atom is 0.254 e. The second kappa shape index (κ2) is 8.61. The molecule has 1 N–H and O–H groups in total. The van der Waals surface area contributed by atoms with Crippen molar-refractivity contribution in [2.75, 3.05) is 0 Å². The van der Waals surface area contributed by atoms with Gasteiger partial charge in [0.05, 0.1) is 15.6 Å². The van der Waals surface area contributed by atoms with E-state index in [9.17, 15) is 9.59 Å². The van der Waals surface area contributed by atoms with E-state index < -0.39 is 0 Å². The number of pyridine rings is 1. The lowest BCUT2D eigenvalue weighted by molar-refractivity contribution is 0.0951. The fourth-order valence-electron chi connectivity index (χ4n) is 2.59. The van der Waals surface area contributed by atoms with Crippen LogP contribution in [0.5, 0.6) is 0 Å². The Morgan fingerprint density at radius 3 is 2.22 bits per heavy atom. The minimum absolute atomic E-state index is 0.118. The molecule has 3 aromatic rings. The SMILES string of the molecule is O=C(NCc1ccc(-c2ccn(CCl)c(=O)c2)cc1)c1c(Cl)cccc1Cl. The van der Waals surface area contributed by atoms with Crippen LogP contribution in [0.3, 0.4) is 0 Å². The monoisotopic (exact) mass is 420 g/mol. The Morgan fingerprint density at radius 1 is 0.963 bits per heavy atom. The van der Waals surface area contributed by atoms with Gasteiger partial charge in [-0.05, 0) is 34.9 Å². The topological polar surface area (TPSA) is 51.1 Å². The van der Waals surface area contributed by atoms with E-state index >= 15 is 0 Å². The Kier molecular flexibility index (Phi) is 6.22. The van der Waals surface area contributed by atoms with Crippen LogP contribution in [0.4, 0.5) is 0 Å². The van der Waals surface area contributed by atoms with Crippen LogP contribution >= 0.6 is 34.8 Å². The standard InChI is InChI=1S/C20H15Cl3N2O2/c21-12-25-9-8-15(10-18(25)26)14-6-4-13(5-7-14)11-24-20(27)19-16(22)2-1-3-17(19)23/h1-10H,11-12H2,(H,24,27). The lowest BCUT2D eigenvalue weighted by Crippen LogP contribution is -2.23. The highest BCUT2D eigenvalue weighted by Gasteiger charge is 2.14. The van der Waals surface area contributed by atoms with Crippen LogP contribution in [-0.4, -0.2) is 10.5 Å². The highest BCUT2D eigenvalue weighted by Crippen LogP contribution is 2.24. The van der Waals surface area contributed by atoms with Gasteiger partial charge in [-0.1, -0.05) is 53.5 Å². The van der Waals surface area contributed by atoms with E-state index in [2.05, 4.69) is 5.32 Å². The van der Waals surface area contributed by atoms with Crippen molar-refractivity contribution >= 4 is 40.7 Å². The molecule has 0 aliphatic carbocycles. The summed E-state index contributed by atoms with van der Waals surface area (Å²) in [6, 6.07) is 16.0. The number of halogens is 3. The molecule has 1 amide bonds. The fraction of sp³-hybridized carbons (Fsp3) is 0.100. The van der Waals surface area contributed by atoms with E-state index in [1.54, 1.807) is 30.5 Å². The number of hydrogen-bond donors (Lipinski definition) is 1. The van der Waals surface area contributed by atoms with Crippen molar-refractivity contribution in [3.05, 3.63) is 92.3 Å². The average molecular weight is 422 g/mol. The third kappa shape index (κ3) is 4.53. The van der Waals surface area contributed by atoms with Gasteiger partial charge in [0.25, 0.3) is 11.5 Å². The van der Waals surface area contributed by atoms with Crippen molar-refractivity contribution in [2.24, 2.45) is 0 Å². The molecule has 0 atom stereocenters. The molecule has 0 saturated carbocycles. The highest BCUT2D eigenvalue weighted by molar-refractivity contribution is 6.39. The van der Waals surface area contributed by atoms with Crippen molar-refractivity contribution in [3.8, 4) is 11.1 Å². The molecule has 1 aromatic heterocycles. The first-order chi connectivity index (χ1) is 13.0. The minimum atomic E-state index is -0.334. The number of aromatic nitrogens is 1. The summed E-state index contributed by atoms with van der Waals surface area (Å²) in [7, 11) is 0. The van der Waals surface area contributed by atoms with Crippen LogP contribution in [0, 0.1) is 0 Å². The molecule has 0 spiro atoms. The molecule has 1 heterocycles. The number of carbonyl (C=O) groups excluding carboxylic acids is 1. The van der Waals surface area contributed by atoms with E-state index in [0.717, 1.165) is 16.7 Å². The number of hydrogen-bond acceptors (Lipinski definition) is 2. The van der Waals surface area contributed by atoms with Gasteiger partial charge in [0, 0.05) is 18.8 Å². The van der Waals surface area contributed by atoms with E-state index in [1.807, 2.05) is 30.3 Å². The zero-order valence-electron chi connectivity index (χ0n) is 14.1. The van der Waals surface area contributed by atoms with Gasteiger partial charge < -0.3 is 9.88 Å². The van der Waals surface area contributed by atoms with Crippen LogP contribution in [-0.2, 0) is 12.5 Å². The normalized spacial score (nSPS) is 10.6. The van der Waals surface area contributed by atoms with Gasteiger partial charge in [-0.3, -0.25) is 9.59 Å². The summed E-state index contributed by atoms with van der Waals surface area (Å²) in [5.41, 5.74) is 2.72. The van der Waals surface area contributed by atoms with E-state index in [0.29, 0.717) is 16.6 Å². The maximum atomic E-state index is 12.3. The Morgan fingerprint density at radius 2 is 1.63 bits per heavy atom. The number of rotatable bonds is 5. The zero-order valence-corrected chi connectivity index (χ0v) is 16.4. The van der Waals surface area contributed by atoms with Crippen molar-refractivity contribution in [1.29, 1.82) is 0 Å². The first kappa shape index (κ1) is 19.5. The largest absolute Gasteiger partial charge is 0.348 e. The van der Waals surface area contributed by atoms with Gasteiger partial charge in [0.2, 0.25) is 0 Å². The van der Waals surface area contributed by atoms with Crippen molar-refractivity contribution in [1.82, 2.24) is 9.88 Å². The number of nitrogens with zero attached hydrogens (tertiary/aromatic N) is 1. The molecule has 0 radical (unpaired) electrons. The fourth-order valence-corrected chi connectivity index (χ4v) is 3.35. The number of carbonyl (C=O) groups is 1. The molecular weight excluding hydrogens is 407 g/mol. The Bertz CT molecular complexity index is 1010. The summed E-state index contributed by atoms with van der Waals surface area (Å²) in [5, 5.41) is 3.42. The van der Waals surface area contributed by atoms with Gasteiger partial charge in [-0.25, -0.2) is 0 Å². The van der Waals surface area contributed by atoms with Crippen LogP contribution in [0.15, 0.2) is 65.6 Å². The highest BCUT2D eigenvalue weighted by atomic mass is 35.5. The van der Waals surface area contributed by atoms with Crippen LogP contribution in [0.2, 0.25) is 10.0 Å². The second-order valence-electron chi connectivity index (χ2n) is 5.82. The van der Waals surface area contributed by atoms with Gasteiger partial charge in [0.1, 0.15) is 6.00 Å². The predicted octanol–water partition coefficient (Wildman–Crippen LogP) is 4.95. The Labute approximate surface area is 171 Å². The van der Waals surface area contributed by atoms with E-state index in [-0.39, 0.29) is 23.0 Å². The number of alkyl halides is 1. The lowest BCUT2D eigenvalue weighted by Gasteiger charge is -2.09. The van der Waals surface area contributed by atoms with Crippen molar-refractivity contribution in [3.63, 3.8) is 0 Å². The molecular formula is C20H15Cl3N2O2. The molecule has 3 rings (SSSR count). The molecule has 0 bridgehead atoms. The lowest BCUT2D eigenvalue weighted by atomic mass is 10.0. The predicted molar refractivity (Wildman–Crippen MR) is 110 cm³/mol. The van der Waals surface area contributed by atoms with Gasteiger partial charge >= 0.3 is 0 Å². The van der Waals surface area contributed by atoms with Gasteiger partial charge in [-0.15, -0.1) is 11.6 Å². The van der Waals surface area contributed by atoms with Crippen molar-refractivity contribution in [2.45, 2.75) is 12.5 Å². The first-order valence-electron chi connectivity index (χ1n) is 8.07. The van der Waals surface area contributed by atoms with Gasteiger partial charge in [-0.2, -0.15) is 0 Å². The minimum Gasteiger partial charge on any atom is -0.348 e. The van der Waals surface area contributed by atoms with Gasteiger partial charge in [0.15, 0.2) is 0 Å². The third-order valence-corrected chi connectivity index (χ3v) is 4.94. The average Bonchev–Trinajstić information content (AvgIpc) is 2.66. The van der Waals surface area contributed by atoms with E-state index in [1.165, 1.54) is 4.57 Å². The third-order valence-electron chi connectivity index (χ3n) is 4.06. The molecule has 4 nitrogen and oxygen atoms in total. The zero-order chi connectivity index (χ0) is 19.4. The maximum absolute atomic E-state index is 12.3. The molecule has 0 aliphatic heterocycles. The van der Waals surface area contributed by atoms with Crippen molar-refractivity contribution < 1.29 is 4.79 Å². The molecule has 138 valence electrons. The molecule has 0 unspecified atom stereocenters. The molecule has 0 fully saturated rings. The summed E-state index contributed by atoms with van der Waals surface area (Å²) in [6.07, 6.45) is 1.66. The summed E-state index contributed by atoms with van der Waals surface area (Å²) >= 11 is 17.8. The molecule has 0 saturated heterocycles. The van der Waals surface area contributed by atoms with Crippen LogP contribution in [0.25, 0.3) is 11.1 Å². The Balaban J connectivity index is 1.70. The van der Waals surface area contributed by atoms with E-state index in [4.69, 9.17) is 34.8 Å². The first-order valence-corrected chi connectivity index (χ1v) is 9.36. The number of nitrogens with one attached hydrogen (secondary N) is 1. The van der Waals surface area contributed by atoms with Crippen LogP contribution < -0.4 is 10.9 Å². The second-order valence-corrected chi connectivity index (χ2v) is 6.87. The van der Waals surface area contributed by atoms with Crippen LogP contribution in [0.1, 0.15) is 15.9 Å². The smallest absolute Gasteiger partial charge is 0.254 e. The molecule has 7 heteroatoms.